The molecular weight excluding hydrogens is 499 g/mol. The lowest BCUT2D eigenvalue weighted by Crippen LogP contribution is -2.44. The quantitative estimate of drug-likeness (QED) is 0.528. The third-order valence-electron chi connectivity index (χ3n) is 7.08. The van der Waals surface area contributed by atoms with Crippen molar-refractivity contribution in [2.45, 2.75) is 56.0 Å². The second-order valence-corrected chi connectivity index (χ2v) is 9.87. The highest BCUT2D eigenvalue weighted by Crippen LogP contribution is 2.55. The van der Waals surface area contributed by atoms with Crippen molar-refractivity contribution in [3.05, 3.63) is 69.2 Å². The minimum absolute atomic E-state index is 0.0298. The van der Waals surface area contributed by atoms with Crippen LogP contribution < -0.4 is 0 Å². The first kappa shape index (κ1) is 23.8. The molecule has 4 nitrogen and oxygen atoms in total. The number of carboxylic acids is 1. The normalized spacial score (nSPS) is 19.5. The number of aryl methyl sites for hydroxylation is 1. The monoisotopic (exact) mass is 523 g/mol. The molecule has 176 valence electrons. The summed E-state index contributed by atoms with van der Waals surface area (Å²) in [7, 11) is 0. The summed E-state index contributed by atoms with van der Waals surface area (Å²) < 4.78 is 40.6. The van der Waals surface area contributed by atoms with Gasteiger partial charge in [0, 0.05) is 29.4 Å². The Morgan fingerprint density at radius 2 is 1.79 bits per heavy atom. The summed E-state index contributed by atoms with van der Waals surface area (Å²) in [4.78, 5) is 26.0. The molecule has 1 N–H and O–H groups in total. The van der Waals surface area contributed by atoms with Crippen molar-refractivity contribution in [3.8, 4) is 0 Å². The average molecular weight is 524 g/mol. The first-order chi connectivity index (χ1) is 15.6. The van der Waals surface area contributed by atoms with Gasteiger partial charge < -0.3 is 10.0 Å². The molecule has 2 aliphatic rings. The van der Waals surface area contributed by atoms with Gasteiger partial charge in [-0.1, -0.05) is 46.3 Å². The van der Waals surface area contributed by atoms with Gasteiger partial charge in [-0.3, -0.25) is 9.59 Å². The van der Waals surface area contributed by atoms with Crippen LogP contribution in [-0.2, 0) is 27.6 Å². The summed E-state index contributed by atoms with van der Waals surface area (Å²) in [6, 6.07) is 11.3. The Bertz CT molecular complexity index is 1060. The first-order valence-electron chi connectivity index (χ1n) is 11.0. The molecule has 0 radical (unpaired) electrons. The molecule has 1 heterocycles. The van der Waals surface area contributed by atoms with E-state index in [2.05, 4.69) is 15.9 Å². The van der Waals surface area contributed by atoms with E-state index in [9.17, 15) is 27.9 Å². The molecule has 1 aliphatic carbocycles. The standard InChI is InChI=1S/C25H25BrF3NO3/c26-20-7-3-5-18-17(14-22(32)33)15-24(23(18)20)10-12-30(13-11-24)21(31)9-8-16-4-1-2-6-19(16)25(27,28)29/h1-7,17H,8-15H2,(H,32,33)/t17-/m1/s1. The fraction of sp³-hybridized carbons (Fsp3) is 0.440. The fourth-order valence-corrected chi connectivity index (χ4v) is 6.37. The van der Waals surface area contributed by atoms with E-state index in [0.29, 0.717) is 25.9 Å². The molecule has 0 bridgehead atoms. The van der Waals surface area contributed by atoms with Crippen LogP contribution in [0.3, 0.4) is 0 Å². The van der Waals surface area contributed by atoms with Crippen molar-refractivity contribution >= 4 is 27.8 Å². The lowest BCUT2D eigenvalue weighted by atomic mass is 9.73. The molecule has 1 amide bonds. The molecule has 1 spiro atoms. The van der Waals surface area contributed by atoms with Crippen LogP contribution in [0.2, 0.25) is 0 Å². The zero-order valence-electron chi connectivity index (χ0n) is 18.0. The topological polar surface area (TPSA) is 57.6 Å². The number of piperidine rings is 1. The van der Waals surface area contributed by atoms with E-state index in [1.54, 1.807) is 11.0 Å². The van der Waals surface area contributed by atoms with Gasteiger partial charge in [0.25, 0.3) is 0 Å². The van der Waals surface area contributed by atoms with Crippen molar-refractivity contribution in [1.82, 2.24) is 4.90 Å². The largest absolute Gasteiger partial charge is 0.481 e. The van der Waals surface area contributed by atoms with Gasteiger partial charge in [0.2, 0.25) is 5.91 Å². The maximum Gasteiger partial charge on any atom is 0.416 e. The number of carboxylic acid groups (broad SMARTS) is 1. The highest BCUT2D eigenvalue weighted by molar-refractivity contribution is 9.10. The number of carbonyl (C=O) groups excluding carboxylic acids is 1. The Kier molecular flexibility index (Phi) is 6.58. The Labute approximate surface area is 198 Å². The van der Waals surface area contributed by atoms with Gasteiger partial charge in [0.1, 0.15) is 0 Å². The zero-order chi connectivity index (χ0) is 23.8. The summed E-state index contributed by atoms with van der Waals surface area (Å²) in [6.07, 6.45) is -2.13. The van der Waals surface area contributed by atoms with Gasteiger partial charge in [-0.25, -0.2) is 0 Å². The molecule has 1 aliphatic heterocycles. The Balaban J connectivity index is 1.43. The lowest BCUT2D eigenvalue weighted by Gasteiger charge is -2.41. The van der Waals surface area contributed by atoms with Crippen molar-refractivity contribution in [1.29, 1.82) is 0 Å². The van der Waals surface area contributed by atoms with Gasteiger partial charge in [-0.15, -0.1) is 0 Å². The molecule has 33 heavy (non-hydrogen) atoms. The molecule has 2 aromatic carbocycles. The van der Waals surface area contributed by atoms with E-state index in [1.807, 2.05) is 18.2 Å². The Morgan fingerprint density at radius 3 is 2.45 bits per heavy atom. The van der Waals surface area contributed by atoms with Crippen LogP contribution in [0.15, 0.2) is 46.9 Å². The highest BCUT2D eigenvalue weighted by Gasteiger charge is 2.47. The number of hydrogen-bond acceptors (Lipinski definition) is 2. The summed E-state index contributed by atoms with van der Waals surface area (Å²) >= 11 is 3.65. The number of benzene rings is 2. The van der Waals surface area contributed by atoms with Crippen LogP contribution in [0.4, 0.5) is 13.2 Å². The fourth-order valence-electron chi connectivity index (χ4n) is 5.57. The smallest absolute Gasteiger partial charge is 0.416 e. The van der Waals surface area contributed by atoms with Crippen molar-refractivity contribution < 1.29 is 27.9 Å². The maximum absolute atomic E-state index is 13.2. The van der Waals surface area contributed by atoms with Crippen LogP contribution in [-0.4, -0.2) is 35.0 Å². The van der Waals surface area contributed by atoms with Crippen molar-refractivity contribution in [2.75, 3.05) is 13.1 Å². The molecule has 0 saturated carbocycles. The minimum atomic E-state index is -4.44. The van der Waals surface area contributed by atoms with Crippen molar-refractivity contribution in [3.63, 3.8) is 0 Å². The predicted molar refractivity (Wildman–Crippen MR) is 121 cm³/mol. The lowest BCUT2D eigenvalue weighted by molar-refractivity contribution is -0.139. The SMILES string of the molecule is O=C(O)C[C@@H]1CC2(CCN(C(=O)CCc3ccccc3C(F)(F)F)CC2)c2c(Br)cccc21. The van der Waals surface area contributed by atoms with Crippen LogP contribution >= 0.6 is 15.9 Å². The second kappa shape index (κ2) is 9.12. The van der Waals surface area contributed by atoms with Crippen LogP contribution in [0.25, 0.3) is 0 Å². The van der Waals surface area contributed by atoms with E-state index in [1.165, 1.54) is 12.1 Å². The molecule has 1 atom stereocenters. The van der Waals surface area contributed by atoms with Gasteiger partial charge in [0.05, 0.1) is 12.0 Å². The molecule has 0 aromatic heterocycles. The van der Waals surface area contributed by atoms with Gasteiger partial charge >= 0.3 is 12.1 Å². The highest BCUT2D eigenvalue weighted by atomic mass is 79.9. The summed E-state index contributed by atoms with van der Waals surface area (Å²) in [6.45, 7) is 1.03. The molecule has 8 heteroatoms. The molecule has 4 rings (SSSR count). The molecular formula is C25H25BrF3NO3. The van der Waals surface area contributed by atoms with E-state index in [0.717, 1.165) is 28.1 Å². The maximum atomic E-state index is 13.2. The van der Waals surface area contributed by atoms with Crippen molar-refractivity contribution in [2.24, 2.45) is 0 Å². The second-order valence-electron chi connectivity index (χ2n) is 9.02. The van der Waals surface area contributed by atoms with Crippen LogP contribution in [0.5, 0.6) is 0 Å². The number of fused-ring (bicyclic) bond motifs is 2. The molecule has 1 fully saturated rings. The number of amides is 1. The summed E-state index contributed by atoms with van der Waals surface area (Å²) in [5, 5.41) is 9.36. The predicted octanol–water partition coefficient (Wildman–Crippen LogP) is 5.92. The van der Waals surface area contributed by atoms with Gasteiger partial charge in [-0.2, -0.15) is 13.2 Å². The number of hydrogen-bond donors (Lipinski definition) is 1. The van der Waals surface area contributed by atoms with E-state index >= 15 is 0 Å². The van der Waals surface area contributed by atoms with E-state index < -0.39 is 17.7 Å². The average Bonchev–Trinajstić information content (AvgIpc) is 3.05. The third-order valence-corrected chi connectivity index (χ3v) is 7.74. The summed E-state index contributed by atoms with van der Waals surface area (Å²) in [5.74, 6) is -1.03. The molecule has 0 unspecified atom stereocenters. The Hall–Kier alpha value is -2.35. The minimum Gasteiger partial charge on any atom is -0.481 e. The molecule has 1 saturated heterocycles. The van der Waals surface area contributed by atoms with Crippen LogP contribution in [0, 0.1) is 0 Å². The van der Waals surface area contributed by atoms with E-state index in [-0.39, 0.29) is 42.1 Å². The number of nitrogens with zero attached hydrogens (tertiary/aromatic N) is 1. The number of likely N-dealkylation sites (tertiary alicyclic amines) is 1. The zero-order valence-corrected chi connectivity index (χ0v) is 19.6. The van der Waals surface area contributed by atoms with E-state index in [4.69, 9.17) is 0 Å². The van der Waals surface area contributed by atoms with Gasteiger partial charge in [-0.05, 0) is 60.4 Å². The Morgan fingerprint density at radius 1 is 1.09 bits per heavy atom. The number of carbonyl (C=O) groups is 2. The number of alkyl halides is 3. The summed E-state index contributed by atoms with van der Waals surface area (Å²) in [5.41, 5.74) is 1.48. The number of rotatable bonds is 5. The van der Waals surface area contributed by atoms with Gasteiger partial charge in [0.15, 0.2) is 0 Å². The number of halogens is 4. The number of aliphatic carboxylic acids is 1. The first-order valence-corrected chi connectivity index (χ1v) is 11.8. The molecule has 2 aromatic rings. The van der Waals surface area contributed by atoms with Crippen LogP contribution in [0.1, 0.15) is 60.3 Å². The third kappa shape index (κ3) is 4.81.